The number of hydrogen-bond donors (Lipinski definition) is 2. The van der Waals surface area contributed by atoms with Crippen LogP contribution in [0.1, 0.15) is 38.8 Å². The third-order valence-corrected chi connectivity index (χ3v) is 4.50. The van der Waals surface area contributed by atoms with Crippen molar-refractivity contribution in [3.8, 4) is 11.5 Å². The minimum atomic E-state index is -0.780. The van der Waals surface area contributed by atoms with Crippen LogP contribution < -0.4 is 4.74 Å². The van der Waals surface area contributed by atoms with E-state index in [1.54, 1.807) is 40.0 Å². The largest absolute Gasteiger partial charge is 0.504 e. The van der Waals surface area contributed by atoms with Gasteiger partial charge < -0.3 is 24.6 Å². The average Bonchev–Trinajstić information content (AvgIpc) is 2.85. The van der Waals surface area contributed by atoms with Gasteiger partial charge in [0.05, 0.1) is 18.7 Å². The third-order valence-electron chi connectivity index (χ3n) is 4.50. The number of hydrogen-bond acceptors (Lipinski definition) is 6. The number of amides is 1. The van der Waals surface area contributed by atoms with E-state index in [0.29, 0.717) is 25.1 Å². The van der Waals surface area contributed by atoms with Crippen LogP contribution in [0.15, 0.2) is 29.5 Å². The van der Waals surface area contributed by atoms with Crippen molar-refractivity contribution in [2.24, 2.45) is 5.41 Å². The highest BCUT2D eigenvalue weighted by Gasteiger charge is 2.45. The van der Waals surface area contributed by atoms with E-state index in [9.17, 15) is 19.8 Å². The lowest BCUT2D eigenvalue weighted by Crippen LogP contribution is -2.34. The summed E-state index contributed by atoms with van der Waals surface area (Å²) in [6, 6.07) is 3.91. The number of nitrogens with zero attached hydrogens (tertiary/aromatic N) is 1. The Hall–Kier alpha value is -2.54. The van der Waals surface area contributed by atoms with Crippen molar-refractivity contribution >= 4 is 11.7 Å². The molecule has 1 aliphatic heterocycles. The number of phenols is 1. The maximum Gasteiger partial charge on any atom is 0.290 e. The summed E-state index contributed by atoms with van der Waals surface area (Å²) in [7, 11) is 3.00. The number of ketones is 1. The maximum absolute atomic E-state index is 13.0. The van der Waals surface area contributed by atoms with Gasteiger partial charge in [0.25, 0.3) is 5.91 Å². The molecule has 0 saturated heterocycles. The first-order chi connectivity index (χ1) is 12.6. The van der Waals surface area contributed by atoms with Crippen molar-refractivity contribution in [3.63, 3.8) is 0 Å². The Labute approximate surface area is 159 Å². The van der Waals surface area contributed by atoms with Gasteiger partial charge in [0.1, 0.15) is 0 Å². The van der Waals surface area contributed by atoms with Crippen molar-refractivity contribution < 1.29 is 29.3 Å². The van der Waals surface area contributed by atoms with Crippen molar-refractivity contribution in [1.29, 1.82) is 0 Å². The van der Waals surface area contributed by atoms with Crippen LogP contribution in [0.2, 0.25) is 0 Å². The molecule has 1 unspecified atom stereocenters. The second-order valence-corrected chi connectivity index (χ2v) is 7.52. The molecule has 0 aromatic heterocycles. The number of methoxy groups -OCH3 is 2. The van der Waals surface area contributed by atoms with Crippen LogP contribution in [-0.2, 0) is 14.3 Å². The molecule has 2 rings (SSSR count). The van der Waals surface area contributed by atoms with Gasteiger partial charge >= 0.3 is 0 Å². The van der Waals surface area contributed by atoms with Crippen LogP contribution in [0.3, 0.4) is 0 Å². The molecule has 1 aromatic rings. The van der Waals surface area contributed by atoms with Crippen LogP contribution in [0.4, 0.5) is 0 Å². The van der Waals surface area contributed by atoms with E-state index in [2.05, 4.69) is 0 Å². The van der Waals surface area contributed by atoms with Gasteiger partial charge in [-0.3, -0.25) is 9.59 Å². The number of phenolic OH excluding ortho intramolecular Hbond substituents is 1. The second-order valence-electron chi connectivity index (χ2n) is 7.52. The fourth-order valence-corrected chi connectivity index (χ4v) is 3.12. The summed E-state index contributed by atoms with van der Waals surface area (Å²) in [5, 5.41) is 20.6. The number of carbonyl (C=O) groups is 2. The van der Waals surface area contributed by atoms with Crippen LogP contribution >= 0.6 is 0 Å². The fourth-order valence-electron chi connectivity index (χ4n) is 3.12. The van der Waals surface area contributed by atoms with Crippen molar-refractivity contribution in [1.82, 2.24) is 4.90 Å². The molecule has 0 radical (unpaired) electrons. The maximum atomic E-state index is 13.0. The van der Waals surface area contributed by atoms with E-state index in [4.69, 9.17) is 9.47 Å². The van der Waals surface area contributed by atoms with Gasteiger partial charge in [0.15, 0.2) is 23.0 Å². The SMILES string of the molecule is COCCCN1C(=O)C(O)=C(C(=O)C(C)(C)C)C1c1ccc(OC)c(O)c1. The number of Topliss-reactive ketones (excluding diaryl/α,β-unsaturated/α-hetero) is 1. The minimum Gasteiger partial charge on any atom is -0.504 e. The van der Waals surface area contributed by atoms with E-state index in [1.807, 2.05) is 0 Å². The van der Waals surface area contributed by atoms with Crippen molar-refractivity contribution in [2.45, 2.75) is 33.2 Å². The van der Waals surface area contributed by atoms with Crippen LogP contribution in [-0.4, -0.2) is 54.2 Å². The summed E-state index contributed by atoms with van der Waals surface area (Å²) in [5.41, 5.74) is -0.205. The molecular weight excluding hydrogens is 350 g/mol. The van der Waals surface area contributed by atoms with E-state index in [-0.39, 0.29) is 22.9 Å². The van der Waals surface area contributed by atoms with E-state index in [0.717, 1.165) is 0 Å². The molecule has 0 fully saturated rings. The average molecular weight is 377 g/mol. The van der Waals surface area contributed by atoms with E-state index >= 15 is 0 Å². The Kier molecular flexibility index (Phi) is 6.15. The molecule has 27 heavy (non-hydrogen) atoms. The molecule has 0 aliphatic carbocycles. The van der Waals surface area contributed by atoms with Gasteiger partial charge in [-0.15, -0.1) is 0 Å². The Morgan fingerprint density at radius 2 is 1.89 bits per heavy atom. The number of benzene rings is 1. The minimum absolute atomic E-state index is 0.0504. The quantitative estimate of drug-likeness (QED) is 0.710. The Morgan fingerprint density at radius 3 is 2.41 bits per heavy atom. The zero-order valence-corrected chi connectivity index (χ0v) is 16.4. The van der Waals surface area contributed by atoms with Crippen LogP contribution in [0.5, 0.6) is 11.5 Å². The van der Waals surface area contributed by atoms with Gasteiger partial charge in [-0.2, -0.15) is 0 Å². The first kappa shape index (κ1) is 20.8. The lowest BCUT2D eigenvalue weighted by atomic mass is 9.82. The number of ether oxygens (including phenoxy) is 2. The molecule has 148 valence electrons. The molecule has 1 atom stereocenters. The fraction of sp³-hybridized carbons (Fsp3) is 0.500. The highest BCUT2D eigenvalue weighted by molar-refractivity contribution is 6.10. The van der Waals surface area contributed by atoms with Crippen molar-refractivity contribution in [2.75, 3.05) is 27.4 Å². The molecule has 0 bridgehead atoms. The highest BCUT2D eigenvalue weighted by Crippen LogP contribution is 2.42. The highest BCUT2D eigenvalue weighted by atomic mass is 16.5. The lowest BCUT2D eigenvalue weighted by molar-refractivity contribution is -0.129. The zero-order valence-electron chi connectivity index (χ0n) is 16.4. The monoisotopic (exact) mass is 377 g/mol. The predicted molar refractivity (Wildman–Crippen MR) is 99.7 cm³/mol. The Balaban J connectivity index is 2.54. The van der Waals surface area contributed by atoms with Gasteiger partial charge in [-0.25, -0.2) is 0 Å². The number of rotatable bonds is 7. The van der Waals surface area contributed by atoms with Gasteiger partial charge in [0.2, 0.25) is 0 Å². The number of carbonyl (C=O) groups excluding carboxylic acids is 2. The van der Waals surface area contributed by atoms with E-state index < -0.39 is 23.1 Å². The normalized spacial score (nSPS) is 17.6. The second kappa shape index (κ2) is 8.00. The van der Waals surface area contributed by atoms with Gasteiger partial charge in [-0.05, 0) is 24.1 Å². The van der Waals surface area contributed by atoms with Crippen LogP contribution in [0, 0.1) is 5.41 Å². The number of aromatic hydroxyl groups is 1. The molecule has 1 aromatic carbocycles. The molecule has 7 nitrogen and oxygen atoms in total. The summed E-state index contributed by atoms with van der Waals surface area (Å²) in [6.45, 7) is 5.94. The molecule has 7 heteroatoms. The molecule has 1 heterocycles. The summed E-state index contributed by atoms with van der Waals surface area (Å²) in [5.74, 6) is -1.27. The van der Waals surface area contributed by atoms with E-state index in [1.165, 1.54) is 18.1 Å². The summed E-state index contributed by atoms with van der Waals surface area (Å²) in [4.78, 5) is 27.1. The Bertz CT molecular complexity index is 762. The van der Waals surface area contributed by atoms with Crippen molar-refractivity contribution in [3.05, 3.63) is 35.1 Å². The zero-order chi connectivity index (χ0) is 20.4. The van der Waals surface area contributed by atoms with Gasteiger partial charge in [0, 0.05) is 25.7 Å². The summed E-state index contributed by atoms with van der Waals surface area (Å²) < 4.78 is 10.1. The van der Waals surface area contributed by atoms with Crippen LogP contribution in [0.25, 0.3) is 0 Å². The standard InChI is InChI=1S/C20H27NO6/c1-20(2,3)18(24)15-16(12-7-8-14(27-5)13(22)11-12)21(9-6-10-26-4)19(25)17(15)23/h7-8,11,16,22-23H,6,9-10H2,1-5H3. The molecule has 2 N–H and O–H groups in total. The molecule has 1 aliphatic rings. The Morgan fingerprint density at radius 1 is 1.22 bits per heavy atom. The first-order valence-electron chi connectivity index (χ1n) is 8.78. The molecule has 0 spiro atoms. The summed E-state index contributed by atoms with van der Waals surface area (Å²) in [6.07, 6.45) is 0.547. The topological polar surface area (TPSA) is 96.3 Å². The van der Waals surface area contributed by atoms with Gasteiger partial charge in [-0.1, -0.05) is 26.8 Å². The first-order valence-corrected chi connectivity index (χ1v) is 8.78. The lowest BCUT2D eigenvalue weighted by Gasteiger charge is -2.29. The third kappa shape index (κ3) is 4.08. The number of aliphatic hydroxyl groups excluding tert-OH is 1. The smallest absolute Gasteiger partial charge is 0.290 e. The molecule has 0 saturated carbocycles. The summed E-state index contributed by atoms with van der Waals surface area (Å²) >= 11 is 0. The predicted octanol–water partition coefficient (Wildman–Crippen LogP) is 2.75. The molecule has 1 amide bonds. The molecular formula is C20H27NO6. The number of aliphatic hydroxyl groups is 1.